The third-order valence-electron chi connectivity index (χ3n) is 12.5. The highest BCUT2D eigenvalue weighted by Crippen LogP contribution is 2.44. The van der Waals surface area contributed by atoms with Crippen LogP contribution in [-0.4, -0.2) is 0 Å². The van der Waals surface area contributed by atoms with Gasteiger partial charge in [-0.15, -0.1) is 0 Å². The Hall–Kier alpha value is -6.44. The lowest BCUT2D eigenvalue weighted by molar-refractivity contribution is 0.538. The lowest BCUT2D eigenvalue weighted by Crippen LogP contribution is -2.33. The molecule has 56 heavy (non-hydrogen) atoms. The number of fused-ring (bicyclic) bond motifs is 9. The van der Waals surface area contributed by atoms with E-state index < -0.39 is 0 Å². The summed E-state index contributed by atoms with van der Waals surface area (Å²) in [6.07, 6.45) is 11.4. The van der Waals surface area contributed by atoms with E-state index in [9.17, 15) is 0 Å². The molecule has 8 aromatic carbocycles. The van der Waals surface area contributed by atoms with Crippen molar-refractivity contribution in [2.45, 2.75) is 44.9 Å². The van der Waals surface area contributed by atoms with Gasteiger partial charge in [0.05, 0.1) is 0 Å². The quantitative estimate of drug-likeness (QED) is 0.177. The molecule has 2 aliphatic carbocycles. The van der Waals surface area contributed by atoms with Crippen molar-refractivity contribution >= 4 is 67.3 Å². The van der Waals surface area contributed by atoms with Crippen LogP contribution >= 0.6 is 0 Å². The van der Waals surface area contributed by atoms with Crippen molar-refractivity contribution in [2.75, 3.05) is 0 Å². The van der Waals surface area contributed by atoms with E-state index in [2.05, 4.69) is 184 Å². The molecule has 11 rings (SSSR count). The molecule has 1 aromatic heterocycles. The van der Waals surface area contributed by atoms with Gasteiger partial charge in [-0.25, -0.2) is 0 Å². The SMILES string of the molecule is CC1(C)C/C(c2c3c(c(-c4ccc5cc(-c6ccccc6)ccc5c4)c4ccccc24)=CCCC=3)=C\c2c(ccc3c2oc2ccccc23)Cc2ccccc21. The van der Waals surface area contributed by atoms with E-state index in [0.717, 1.165) is 36.8 Å². The molecular formula is C55H42O. The highest BCUT2D eigenvalue weighted by molar-refractivity contribution is 6.11. The van der Waals surface area contributed by atoms with Crippen molar-refractivity contribution in [1.29, 1.82) is 0 Å². The van der Waals surface area contributed by atoms with Crippen molar-refractivity contribution in [1.82, 2.24) is 0 Å². The molecule has 0 bridgehead atoms. The normalized spacial score (nSPS) is 15.8. The zero-order chi connectivity index (χ0) is 37.4. The minimum absolute atomic E-state index is 0.112. The van der Waals surface area contributed by atoms with Crippen LogP contribution in [0.3, 0.4) is 0 Å². The van der Waals surface area contributed by atoms with Gasteiger partial charge in [0.25, 0.3) is 0 Å². The van der Waals surface area contributed by atoms with Crippen LogP contribution in [0.4, 0.5) is 0 Å². The van der Waals surface area contributed by atoms with Crippen molar-refractivity contribution < 1.29 is 4.42 Å². The first-order valence-corrected chi connectivity index (χ1v) is 20.1. The Bertz CT molecular complexity index is 3210. The maximum Gasteiger partial charge on any atom is 0.142 e. The first kappa shape index (κ1) is 32.9. The number of para-hydroxylation sites is 1. The smallest absolute Gasteiger partial charge is 0.142 e. The highest BCUT2D eigenvalue weighted by Gasteiger charge is 2.30. The Labute approximate surface area is 327 Å². The van der Waals surface area contributed by atoms with Gasteiger partial charge in [-0.1, -0.05) is 159 Å². The summed E-state index contributed by atoms with van der Waals surface area (Å²) < 4.78 is 6.80. The van der Waals surface area contributed by atoms with Crippen LogP contribution in [0.25, 0.3) is 89.5 Å². The fourth-order valence-electron chi connectivity index (χ4n) is 9.89. The Balaban J connectivity index is 1.18. The summed E-state index contributed by atoms with van der Waals surface area (Å²) in [5.41, 5.74) is 14.9. The van der Waals surface area contributed by atoms with Gasteiger partial charge in [-0.05, 0) is 137 Å². The Morgan fingerprint density at radius 2 is 1.14 bits per heavy atom. The van der Waals surface area contributed by atoms with Crippen LogP contribution in [0.15, 0.2) is 156 Å². The molecule has 0 radical (unpaired) electrons. The van der Waals surface area contributed by atoms with E-state index in [4.69, 9.17) is 4.42 Å². The van der Waals surface area contributed by atoms with Crippen LogP contribution < -0.4 is 10.4 Å². The lowest BCUT2D eigenvalue weighted by atomic mass is 9.74. The molecule has 0 unspecified atom stereocenters. The first-order valence-electron chi connectivity index (χ1n) is 20.1. The Morgan fingerprint density at radius 1 is 0.500 bits per heavy atom. The average molecular weight is 719 g/mol. The van der Waals surface area contributed by atoms with Crippen LogP contribution in [0.5, 0.6) is 0 Å². The third kappa shape index (κ3) is 5.29. The molecule has 0 saturated heterocycles. The largest absolute Gasteiger partial charge is 0.455 e. The van der Waals surface area contributed by atoms with E-state index in [0.29, 0.717) is 0 Å². The predicted molar refractivity (Wildman–Crippen MR) is 238 cm³/mol. The third-order valence-corrected chi connectivity index (χ3v) is 12.5. The lowest BCUT2D eigenvalue weighted by Gasteiger charge is -2.30. The van der Waals surface area contributed by atoms with Crippen LogP contribution in [0.1, 0.15) is 60.9 Å². The summed E-state index contributed by atoms with van der Waals surface area (Å²) in [6, 6.07) is 56.0. The van der Waals surface area contributed by atoms with Gasteiger partial charge >= 0.3 is 0 Å². The van der Waals surface area contributed by atoms with Crippen molar-refractivity contribution in [3.8, 4) is 22.3 Å². The van der Waals surface area contributed by atoms with Crippen molar-refractivity contribution in [3.63, 3.8) is 0 Å². The molecule has 1 heteroatoms. The number of rotatable bonds is 3. The minimum Gasteiger partial charge on any atom is -0.455 e. The van der Waals surface area contributed by atoms with E-state index in [1.54, 1.807) is 0 Å². The standard InChI is InChI=1S/C55H42O/c1-55(2)34-42(33-49-39(32-40-16-6-12-22-50(40)55)28-29-48-43-17-11-13-23-51(43)56-54(48)49)53-46-20-9-7-18-44(46)52(45-19-8-10-21-47(45)53)41-27-26-37-30-36(24-25-38(37)31-41)35-14-4-3-5-15-35/h3-7,9,11-31,33H,8,10,32,34H2,1-2H3/b42-33+. The van der Waals surface area contributed by atoms with Gasteiger partial charge in [-0.2, -0.15) is 0 Å². The molecule has 268 valence electrons. The maximum absolute atomic E-state index is 6.80. The molecular weight excluding hydrogens is 677 g/mol. The Morgan fingerprint density at radius 3 is 1.95 bits per heavy atom. The number of benzene rings is 8. The molecule has 0 atom stereocenters. The van der Waals surface area contributed by atoms with E-state index >= 15 is 0 Å². The second kappa shape index (κ2) is 12.8. The molecule has 0 spiro atoms. The van der Waals surface area contributed by atoms with Gasteiger partial charge < -0.3 is 4.42 Å². The summed E-state index contributed by atoms with van der Waals surface area (Å²) in [5.74, 6) is 0. The van der Waals surface area contributed by atoms with Gasteiger partial charge in [0.2, 0.25) is 0 Å². The first-order chi connectivity index (χ1) is 27.5. The second-order valence-corrected chi connectivity index (χ2v) is 16.4. The molecule has 1 heterocycles. The predicted octanol–water partition coefficient (Wildman–Crippen LogP) is 13.4. The fraction of sp³-hybridized carbons (Fsp3) is 0.127. The van der Waals surface area contributed by atoms with Crippen LogP contribution in [-0.2, 0) is 11.8 Å². The molecule has 0 amide bonds. The molecule has 0 aliphatic heterocycles. The molecule has 0 N–H and O–H groups in total. The summed E-state index contributed by atoms with van der Waals surface area (Å²) in [4.78, 5) is 0. The van der Waals surface area contributed by atoms with E-state index in [1.807, 2.05) is 0 Å². The summed E-state index contributed by atoms with van der Waals surface area (Å²) in [6.45, 7) is 4.87. The molecule has 9 aromatic rings. The molecule has 0 saturated carbocycles. The van der Waals surface area contributed by atoms with E-state index in [1.165, 1.54) is 98.4 Å². The Kier molecular flexibility index (Phi) is 7.54. The molecule has 1 nitrogen and oxygen atoms in total. The van der Waals surface area contributed by atoms with Gasteiger partial charge in [0.1, 0.15) is 11.2 Å². The number of furan rings is 1. The zero-order valence-electron chi connectivity index (χ0n) is 31.9. The molecule has 2 aliphatic rings. The van der Waals surface area contributed by atoms with Crippen LogP contribution in [0, 0.1) is 0 Å². The number of hydrogen-bond acceptors (Lipinski definition) is 1. The van der Waals surface area contributed by atoms with E-state index in [-0.39, 0.29) is 5.41 Å². The average Bonchev–Trinajstić information content (AvgIpc) is 3.63. The maximum atomic E-state index is 6.80. The summed E-state index contributed by atoms with van der Waals surface area (Å²) in [7, 11) is 0. The minimum atomic E-state index is -0.112. The van der Waals surface area contributed by atoms with Gasteiger partial charge in [0, 0.05) is 16.3 Å². The summed E-state index contributed by atoms with van der Waals surface area (Å²) in [5, 5.41) is 10.2. The van der Waals surface area contributed by atoms with Crippen LogP contribution in [0.2, 0.25) is 0 Å². The second-order valence-electron chi connectivity index (χ2n) is 16.4. The van der Waals surface area contributed by atoms with Gasteiger partial charge in [-0.3, -0.25) is 0 Å². The monoisotopic (exact) mass is 718 g/mol. The molecule has 0 fully saturated rings. The zero-order valence-corrected chi connectivity index (χ0v) is 31.9. The van der Waals surface area contributed by atoms with Crippen molar-refractivity contribution in [3.05, 3.63) is 190 Å². The highest BCUT2D eigenvalue weighted by atomic mass is 16.3. The topological polar surface area (TPSA) is 13.1 Å². The van der Waals surface area contributed by atoms with Gasteiger partial charge in [0.15, 0.2) is 0 Å². The summed E-state index contributed by atoms with van der Waals surface area (Å²) >= 11 is 0. The van der Waals surface area contributed by atoms with Crippen molar-refractivity contribution in [2.24, 2.45) is 0 Å². The number of hydrogen-bond donors (Lipinski definition) is 0. The number of allylic oxidation sites excluding steroid dienone is 1. The fourth-order valence-corrected chi connectivity index (χ4v) is 9.89.